The van der Waals surface area contributed by atoms with Crippen molar-refractivity contribution < 1.29 is 9.53 Å². The van der Waals surface area contributed by atoms with Gasteiger partial charge in [-0.25, -0.2) is 0 Å². The smallest absolute Gasteiger partial charge is 0.307 e. The predicted octanol–water partition coefficient (Wildman–Crippen LogP) is 1.38. The van der Waals surface area contributed by atoms with Gasteiger partial charge < -0.3 is 4.74 Å². The molecule has 0 saturated heterocycles. The number of carbonyl (C=O) groups is 1. The van der Waals surface area contributed by atoms with E-state index in [1.54, 1.807) is 6.92 Å². The second-order valence-electron chi connectivity index (χ2n) is 1.53. The van der Waals surface area contributed by atoms with E-state index < -0.39 is 0 Å². The topological polar surface area (TPSA) is 26.3 Å². The molecular weight excluding hydrogens is 243 g/mol. The first-order chi connectivity index (χ1) is 4.81. The van der Waals surface area contributed by atoms with E-state index in [4.69, 9.17) is 4.74 Å². The third-order valence-electron chi connectivity index (χ3n) is 0.781. The summed E-state index contributed by atoms with van der Waals surface area (Å²) in [6.45, 7) is 1.94. The van der Waals surface area contributed by atoms with E-state index in [0.29, 0.717) is 6.42 Å². The highest BCUT2D eigenvalue weighted by atomic mass is 127. The van der Waals surface area contributed by atoms with Crippen molar-refractivity contribution in [2.75, 3.05) is 11.0 Å². The molecule has 0 rings (SSSR count). The van der Waals surface area contributed by atoms with Crippen LogP contribution in [0, 0.1) is 11.8 Å². The number of esters is 1. The fraction of sp³-hybridized carbons (Fsp3) is 0.571. The Labute approximate surface area is 74.5 Å². The lowest BCUT2D eigenvalue weighted by Crippen LogP contribution is -2.04. The molecule has 3 heteroatoms. The van der Waals surface area contributed by atoms with Crippen LogP contribution in [0.3, 0.4) is 0 Å². The molecule has 0 unspecified atom stereocenters. The maximum absolute atomic E-state index is 10.6. The Hall–Kier alpha value is -0.240. The Bertz CT molecular complexity index is 155. The fourth-order valence-electron chi connectivity index (χ4n) is 0.338. The van der Waals surface area contributed by atoms with Gasteiger partial charge in [0.15, 0.2) is 6.61 Å². The molecule has 0 aliphatic carbocycles. The first kappa shape index (κ1) is 9.76. The maximum atomic E-state index is 10.6. The summed E-state index contributed by atoms with van der Waals surface area (Å²) in [6.07, 6.45) is 0.478. The Balaban J connectivity index is 3.27. The average Bonchev–Trinajstić information content (AvgIpc) is 1.89. The maximum Gasteiger partial charge on any atom is 0.307 e. The van der Waals surface area contributed by atoms with Gasteiger partial charge in [0, 0.05) is 4.43 Å². The van der Waals surface area contributed by atoms with Gasteiger partial charge in [-0.3, -0.25) is 4.79 Å². The summed E-state index contributed by atoms with van der Waals surface area (Å²) in [5.41, 5.74) is 0. The van der Waals surface area contributed by atoms with Crippen molar-refractivity contribution in [1.29, 1.82) is 0 Å². The van der Waals surface area contributed by atoms with E-state index in [9.17, 15) is 4.79 Å². The Morgan fingerprint density at radius 3 is 2.90 bits per heavy atom. The molecule has 0 aliphatic rings. The van der Waals surface area contributed by atoms with Crippen LogP contribution in [0.15, 0.2) is 0 Å². The molecule has 0 fully saturated rings. The van der Waals surface area contributed by atoms with E-state index in [-0.39, 0.29) is 12.6 Å². The van der Waals surface area contributed by atoms with Crippen LogP contribution in [-0.4, -0.2) is 17.0 Å². The molecule has 0 aromatic heterocycles. The monoisotopic (exact) mass is 252 g/mol. The highest BCUT2D eigenvalue weighted by molar-refractivity contribution is 14.1. The summed E-state index contributed by atoms with van der Waals surface area (Å²) in [5, 5.41) is 0. The van der Waals surface area contributed by atoms with Crippen molar-refractivity contribution in [2.45, 2.75) is 13.3 Å². The van der Waals surface area contributed by atoms with Crippen LogP contribution in [0.5, 0.6) is 0 Å². The molecule has 0 saturated carbocycles. The molecule has 10 heavy (non-hydrogen) atoms. The summed E-state index contributed by atoms with van der Waals surface area (Å²) in [4.78, 5) is 10.6. The number of hydrogen-bond acceptors (Lipinski definition) is 2. The van der Waals surface area contributed by atoms with Crippen LogP contribution in [0.1, 0.15) is 13.3 Å². The second-order valence-corrected chi connectivity index (χ2v) is 2.61. The van der Waals surface area contributed by atoms with E-state index >= 15 is 0 Å². The van der Waals surface area contributed by atoms with E-state index in [1.165, 1.54) is 0 Å². The SMILES string of the molecule is CC#CCOC(=O)CCI. The number of ether oxygens (including phenoxy) is 1. The van der Waals surface area contributed by atoms with Gasteiger partial charge in [0.2, 0.25) is 0 Å². The van der Waals surface area contributed by atoms with Crippen molar-refractivity contribution in [2.24, 2.45) is 0 Å². The molecule has 0 spiro atoms. The molecule has 0 heterocycles. The van der Waals surface area contributed by atoms with E-state index in [1.807, 2.05) is 0 Å². The van der Waals surface area contributed by atoms with Crippen molar-refractivity contribution in [3.63, 3.8) is 0 Å². The summed E-state index contributed by atoms with van der Waals surface area (Å²) in [5.74, 6) is 5.11. The van der Waals surface area contributed by atoms with Gasteiger partial charge >= 0.3 is 5.97 Å². The molecule has 0 amide bonds. The first-order valence-electron chi connectivity index (χ1n) is 2.92. The molecule has 0 aliphatic heterocycles. The minimum Gasteiger partial charge on any atom is -0.452 e. The zero-order valence-electron chi connectivity index (χ0n) is 5.82. The molecule has 0 radical (unpaired) electrons. The molecule has 0 N–H and O–H groups in total. The Kier molecular flexibility index (Phi) is 6.71. The van der Waals surface area contributed by atoms with Gasteiger partial charge in [0.1, 0.15) is 0 Å². The summed E-state index contributed by atoms with van der Waals surface area (Å²) < 4.78 is 5.51. The summed E-state index contributed by atoms with van der Waals surface area (Å²) in [6, 6.07) is 0. The van der Waals surface area contributed by atoms with Crippen LogP contribution < -0.4 is 0 Å². The quantitative estimate of drug-likeness (QED) is 0.328. The number of halogens is 1. The summed E-state index contributed by atoms with van der Waals surface area (Å²) >= 11 is 2.13. The van der Waals surface area contributed by atoms with Crippen molar-refractivity contribution in [3.05, 3.63) is 0 Å². The molecule has 2 nitrogen and oxygen atoms in total. The third-order valence-corrected chi connectivity index (χ3v) is 1.32. The van der Waals surface area contributed by atoms with Crippen LogP contribution in [0.25, 0.3) is 0 Å². The Morgan fingerprint density at radius 1 is 1.70 bits per heavy atom. The van der Waals surface area contributed by atoms with Crippen molar-refractivity contribution in [3.8, 4) is 11.8 Å². The lowest BCUT2D eigenvalue weighted by Gasteiger charge is -1.95. The van der Waals surface area contributed by atoms with Gasteiger partial charge in [-0.1, -0.05) is 28.5 Å². The first-order valence-corrected chi connectivity index (χ1v) is 4.45. The zero-order valence-corrected chi connectivity index (χ0v) is 7.97. The van der Waals surface area contributed by atoms with Gasteiger partial charge in [-0.15, -0.1) is 5.92 Å². The number of rotatable bonds is 3. The molecular formula is C7H9IO2. The minimum absolute atomic E-state index is 0.169. The van der Waals surface area contributed by atoms with Gasteiger partial charge in [0.05, 0.1) is 6.42 Å². The van der Waals surface area contributed by atoms with Gasteiger partial charge in [0.25, 0.3) is 0 Å². The Morgan fingerprint density at radius 2 is 2.40 bits per heavy atom. The molecule has 0 bridgehead atoms. The van der Waals surface area contributed by atoms with Crippen LogP contribution in [0.4, 0.5) is 0 Å². The standard InChI is InChI=1S/C7H9IO2/c1-2-3-6-10-7(9)4-5-8/h4-6H2,1H3. The van der Waals surface area contributed by atoms with Crippen molar-refractivity contribution in [1.82, 2.24) is 0 Å². The molecule has 0 aromatic rings. The lowest BCUT2D eigenvalue weighted by atomic mass is 10.5. The van der Waals surface area contributed by atoms with Crippen molar-refractivity contribution >= 4 is 28.6 Å². The highest BCUT2D eigenvalue weighted by Crippen LogP contribution is 1.90. The second kappa shape index (κ2) is 6.87. The van der Waals surface area contributed by atoms with Crippen LogP contribution >= 0.6 is 22.6 Å². The third kappa shape index (κ3) is 5.89. The normalized spacial score (nSPS) is 7.80. The predicted molar refractivity (Wildman–Crippen MR) is 47.9 cm³/mol. The fourth-order valence-corrected chi connectivity index (χ4v) is 0.778. The largest absolute Gasteiger partial charge is 0.452 e. The molecule has 0 atom stereocenters. The highest BCUT2D eigenvalue weighted by Gasteiger charge is 1.97. The van der Waals surface area contributed by atoms with Gasteiger partial charge in [-0.2, -0.15) is 0 Å². The zero-order chi connectivity index (χ0) is 7.82. The van der Waals surface area contributed by atoms with Gasteiger partial charge in [-0.05, 0) is 6.92 Å². The lowest BCUT2D eigenvalue weighted by molar-refractivity contribution is -0.141. The minimum atomic E-state index is -0.169. The van der Waals surface area contributed by atoms with E-state index in [2.05, 4.69) is 34.4 Å². The summed E-state index contributed by atoms with van der Waals surface area (Å²) in [7, 11) is 0. The van der Waals surface area contributed by atoms with E-state index in [0.717, 1.165) is 4.43 Å². The molecule has 56 valence electrons. The molecule has 0 aromatic carbocycles. The number of carbonyl (C=O) groups excluding carboxylic acids is 1. The number of alkyl halides is 1. The average molecular weight is 252 g/mol. The van der Waals surface area contributed by atoms with Crippen LogP contribution in [0.2, 0.25) is 0 Å². The van der Waals surface area contributed by atoms with Crippen LogP contribution in [-0.2, 0) is 9.53 Å². The number of hydrogen-bond donors (Lipinski definition) is 0.